The molecule has 3 atom stereocenters. The molecule has 3 unspecified atom stereocenters. The Morgan fingerprint density at radius 1 is 1.38 bits per heavy atom. The quantitative estimate of drug-likeness (QED) is 0.638. The fourth-order valence-electron chi connectivity index (χ4n) is 3.92. The molecule has 74 valence electrons. The molecular formula is C12H20O. The summed E-state index contributed by atoms with van der Waals surface area (Å²) in [6.45, 7) is 6.25. The minimum atomic E-state index is 0.0723. The molecule has 0 spiro atoms. The summed E-state index contributed by atoms with van der Waals surface area (Å²) in [6, 6.07) is 0. The van der Waals surface area contributed by atoms with Crippen LogP contribution in [0.1, 0.15) is 46.5 Å². The average molecular weight is 180 g/mol. The molecule has 1 nitrogen and oxygen atoms in total. The molecule has 2 fully saturated rings. The van der Waals surface area contributed by atoms with Crippen molar-refractivity contribution >= 4 is 5.78 Å². The van der Waals surface area contributed by atoms with E-state index in [9.17, 15) is 4.79 Å². The molecule has 2 aliphatic rings. The highest BCUT2D eigenvalue weighted by Gasteiger charge is 2.55. The summed E-state index contributed by atoms with van der Waals surface area (Å²) in [7, 11) is 0. The van der Waals surface area contributed by atoms with Crippen LogP contribution in [0, 0.1) is 23.2 Å². The van der Waals surface area contributed by atoms with E-state index in [1.165, 1.54) is 25.7 Å². The molecule has 2 saturated carbocycles. The monoisotopic (exact) mass is 180 g/mol. The van der Waals surface area contributed by atoms with Gasteiger partial charge in [-0.2, -0.15) is 0 Å². The van der Waals surface area contributed by atoms with E-state index >= 15 is 0 Å². The van der Waals surface area contributed by atoms with E-state index in [-0.39, 0.29) is 5.41 Å². The van der Waals surface area contributed by atoms with Crippen LogP contribution in [0.25, 0.3) is 0 Å². The van der Waals surface area contributed by atoms with Crippen LogP contribution >= 0.6 is 0 Å². The van der Waals surface area contributed by atoms with E-state index in [1.807, 2.05) is 0 Å². The van der Waals surface area contributed by atoms with Crippen molar-refractivity contribution in [2.45, 2.75) is 46.5 Å². The van der Waals surface area contributed by atoms with Gasteiger partial charge in [0.15, 0.2) is 0 Å². The van der Waals surface area contributed by atoms with E-state index in [0.29, 0.717) is 11.7 Å². The molecule has 1 heteroatoms. The number of fused-ring (bicyclic) bond motifs is 2. The van der Waals surface area contributed by atoms with Gasteiger partial charge in [0.25, 0.3) is 0 Å². The Labute approximate surface area is 80.9 Å². The SMILES string of the molecule is CC(=O)C1(C(C)C)CC2CCC1C2. The maximum absolute atomic E-state index is 11.8. The third kappa shape index (κ3) is 1.09. The first kappa shape index (κ1) is 9.23. The Morgan fingerprint density at radius 3 is 2.31 bits per heavy atom. The molecule has 0 radical (unpaired) electrons. The van der Waals surface area contributed by atoms with Crippen LogP contribution in [0.15, 0.2) is 0 Å². The standard InChI is InChI=1S/C12H20O/c1-8(2)12(9(3)13)7-10-4-5-11(12)6-10/h8,10-11H,4-7H2,1-3H3. The van der Waals surface area contributed by atoms with Gasteiger partial charge in [0.2, 0.25) is 0 Å². The van der Waals surface area contributed by atoms with Crippen molar-refractivity contribution in [2.24, 2.45) is 23.2 Å². The average Bonchev–Trinajstić information content (AvgIpc) is 2.61. The molecule has 0 aromatic carbocycles. The van der Waals surface area contributed by atoms with Crippen LogP contribution in [0.5, 0.6) is 0 Å². The number of Topliss-reactive ketones (excluding diaryl/α,β-unsaturated/α-hetero) is 1. The first-order valence-electron chi connectivity index (χ1n) is 5.58. The minimum Gasteiger partial charge on any atom is -0.299 e. The van der Waals surface area contributed by atoms with Gasteiger partial charge in [-0.1, -0.05) is 20.3 Å². The number of hydrogen-bond acceptors (Lipinski definition) is 1. The predicted molar refractivity (Wildman–Crippen MR) is 53.4 cm³/mol. The van der Waals surface area contributed by atoms with Gasteiger partial charge in [0.05, 0.1) is 0 Å². The molecule has 0 aromatic heterocycles. The van der Waals surface area contributed by atoms with Crippen LogP contribution in [-0.4, -0.2) is 5.78 Å². The number of carbonyl (C=O) groups excluding carboxylic acids is 1. The fourth-order valence-corrected chi connectivity index (χ4v) is 3.92. The smallest absolute Gasteiger partial charge is 0.136 e. The highest BCUT2D eigenvalue weighted by molar-refractivity contribution is 5.83. The van der Waals surface area contributed by atoms with Crippen molar-refractivity contribution in [1.29, 1.82) is 0 Å². The third-order valence-corrected chi connectivity index (χ3v) is 4.58. The second-order valence-corrected chi connectivity index (χ2v) is 5.33. The van der Waals surface area contributed by atoms with Crippen LogP contribution in [0.3, 0.4) is 0 Å². The summed E-state index contributed by atoms with van der Waals surface area (Å²) >= 11 is 0. The molecule has 2 aliphatic carbocycles. The molecule has 0 saturated heterocycles. The molecule has 2 rings (SSSR count). The normalized spacial score (nSPS) is 43.1. The fraction of sp³-hybridized carbons (Fsp3) is 0.917. The van der Waals surface area contributed by atoms with Gasteiger partial charge in [-0.3, -0.25) is 4.79 Å². The second-order valence-electron chi connectivity index (χ2n) is 5.33. The van der Waals surface area contributed by atoms with Crippen LogP contribution in [-0.2, 0) is 4.79 Å². The summed E-state index contributed by atoms with van der Waals surface area (Å²) in [4.78, 5) is 11.8. The molecule has 0 heterocycles. The molecular weight excluding hydrogens is 160 g/mol. The topological polar surface area (TPSA) is 17.1 Å². The Hall–Kier alpha value is -0.330. The molecule has 0 N–H and O–H groups in total. The molecule has 13 heavy (non-hydrogen) atoms. The summed E-state index contributed by atoms with van der Waals surface area (Å²) in [5.41, 5.74) is 0.0723. The van der Waals surface area contributed by atoms with Gasteiger partial charge in [0.1, 0.15) is 5.78 Å². The zero-order valence-electron chi connectivity index (χ0n) is 8.97. The van der Waals surface area contributed by atoms with Gasteiger partial charge < -0.3 is 0 Å². The van der Waals surface area contributed by atoms with E-state index < -0.39 is 0 Å². The number of rotatable bonds is 2. The summed E-state index contributed by atoms with van der Waals surface area (Å²) in [5, 5.41) is 0. The Kier molecular flexibility index (Phi) is 2.01. The minimum absolute atomic E-state index is 0.0723. The Morgan fingerprint density at radius 2 is 2.08 bits per heavy atom. The Balaban J connectivity index is 2.30. The Bertz CT molecular complexity index is 231. The second kappa shape index (κ2) is 2.83. The lowest BCUT2D eigenvalue weighted by molar-refractivity contribution is -0.132. The van der Waals surface area contributed by atoms with E-state index in [1.54, 1.807) is 6.92 Å². The first-order valence-corrected chi connectivity index (χ1v) is 5.58. The van der Waals surface area contributed by atoms with Crippen LogP contribution < -0.4 is 0 Å². The van der Waals surface area contributed by atoms with Gasteiger partial charge in [-0.15, -0.1) is 0 Å². The van der Waals surface area contributed by atoms with Crippen molar-refractivity contribution in [3.8, 4) is 0 Å². The number of hydrogen-bond donors (Lipinski definition) is 0. The maximum Gasteiger partial charge on any atom is 0.136 e. The van der Waals surface area contributed by atoms with Crippen molar-refractivity contribution in [3.05, 3.63) is 0 Å². The van der Waals surface area contributed by atoms with E-state index in [0.717, 1.165) is 11.8 Å². The molecule has 2 bridgehead atoms. The van der Waals surface area contributed by atoms with Crippen LogP contribution in [0.4, 0.5) is 0 Å². The lowest BCUT2D eigenvalue weighted by Crippen LogP contribution is -2.39. The van der Waals surface area contributed by atoms with Gasteiger partial charge >= 0.3 is 0 Å². The number of ketones is 1. The predicted octanol–water partition coefficient (Wildman–Crippen LogP) is 3.04. The number of carbonyl (C=O) groups is 1. The summed E-state index contributed by atoms with van der Waals surface area (Å²) in [6.07, 6.45) is 5.21. The molecule has 0 aliphatic heterocycles. The maximum atomic E-state index is 11.8. The summed E-state index contributed by atoms with van der Waals surface area (Å²) < 4.78 is 0. The third-order valence-electron chi connectivity index (χ3n) is 4.58. The van der Waals surface area contributed by atoms with Crippen molar-refractivity contribution in [1.82, 2.24) is 0 Å². The molecule has 0 amide bonds. The van der Waals surface area contributed by atoms with Crippen LogP contribution in [0.2, 0.25) is 0 Å². The van der Waals surface area contributed by atoms with Crippen molar-refractivity contribution < 1.29 is 4.79 Å². The largest absolute Gasteiger partial charge is 0.299 e. The zero-order chi connectivity index (χ0) is 9.64. The first-order chi connectivity index (χ1) is 6.07. The van der Waals surface area contributed by atoms with E-state index in [2.05, 4.69) is 13.8 Å². The van der Waals surface area contributed by atoms with Gasteiger partial charge in [0, 0.05) is 5.41 Å². The highest BCUT2D eigenvalue weighted by Crippen LogP contribution is 2.59. The zero-order valence-corrected chi connectivity index (χ0v) is 8.97. The van der Waals surface area contributed by atoms with Gasteiger partial charge in [-0.25, -0.2) is 0 Å². The van der Waals surface area contributed by atoms with Gasteiger partial charge in [-0.05, 0) is 43.9 Å². The highest BCUT2D eigenvalue weighted by atomic mass is 16.1. The lowest BCUT2D eigenvalue weighted by Gasteiger charge is -2.39. The molecule has 0 aromatic rings. The van der Waals surface area contributed by atoms with Crippen molar-refractivity contribution in [3.63, 3.8) is 0 Å². The van der Waals surface area contributed by atoms with Crippen molar-refractivity contribution in [2.75, 3.05) is 0 Å². The lowest BCUT2D eigenvalue weighted by atomic mass is 9.64. The van der Waals surface area contributed by atoms with E-state index in [4.69, 9.17) is 0 Å². The summed E-state index contributed by atoms with van der Waals surface area (Å²) in [5.74, 6) is 2.58.